The maximum atomic E-state index is 14.5. The van der Waals surface area contributed by atoms with Crippen molar-refractivity contribution >= 4 is 29.4 Å². The second-order valence-electron chi connectivity index (χ2n) is 11.7. The average Bonchev–Trinajstić information content (AvgIpc) is 3.67. The number of methoxy groups -OCH3 is 1. The number of benzene rings is 1. The molecule has 0 aromatic heterocycles. The largest absolute Gasteiger partial charge is 0.497 e. The first-order chi connectivity index (χ1) is 21.2. The van der Waals surface area contributed by atoms with Gasteiger partial charge in [0.05, 0.1) is 31.6 Å². The maximum absolute atomic E-state index is 14.5. The Morgan fingerprint density at radius 1 is 1.20 bits per heavy atom. The van der Waals surface area contributed by atoms with Crippen LogP contribution in [0.2, 0.25) is 0 Å². The van der Waals surface area contributed by atoms with Crippen LogP contribution in [0.5, 0.6) is 5.75 Å². The van der Waals surface area contributed by atoms with Gasteiger partial charge in [-0.05, 0) is 69.7 Å². The number of allylic oxidation sites excluding steroid dienone is 1. The van der Waals surface area contributed by atoms with Gasteiger partial charge in [-0.1, -0.05) is 12.2 Å². The van der Waals surface area contributed by atoms with Gasteiger partial charge in [-0.25, -0.2) is 0 Å². The van der Waals surface area contributed by atoms with Gasteiger partial charge in [0.1, 0.15) is 23.5 Å². The summed E-state index contributed by atoms with van der Waals surface area (Å²) in [6.07, 6.45) is 5.79. The highest BCUT2D eigenvalue weighted by Crippen LogP contribution is 2.59. The summed E-state index contributed by atoms with van der Waals surface area (Å²) in [5, 5.41) is 12.0. The van der Waals surface area contributed by atoms with Crippen LogP contribution >= 0.6 is 0 Å². The SMILES string of the molecule is C=CCCC(=O)NC[C@@H](C)OC(=O)[C@@H]1[C@H]2C(=O)N(CCCCCO)[C@H](C(=O)N(CC=C)c3ccc(OC)cc3)[C@]23CC[C@H]1O3. The van der Waals surface area contributed by atoms with E-state index in [0.717, 1.165) is 0 Å². The van der Waals surface area contributed by atoms with E-state index in [1.54, 1.807) is 60.3 Å². The van der Waals surface area contributed by atoms with Crippen LogP contribution in [0.3, 0.4) is 0 Å². The molecule has 2 N–H and O–H groups in total. The molecule has 3 aliphatic rings. The van der Waals surface area contributed by atoms with Crippen LogP contribution in [0.25, 0.3) is 0 Å². The Bertz CT molecular complexity index is 1220. The molecule has 6 atom stereocenters. The minimum absolute atomic E-state index is 0.0407. The molecule has 3 heterocycles. The van der Waals surface area contributed by atoms with Crippen molar-refractivity contribution in [2.45, 2.75) is 75.7 Å². The molecule has 3 fully saturated rings. The van der Waals surface area contributed by atoms with Gasteiger partial charge >= 0.3 is 5.97 Å². The van der Waals surface area contributed by atoms with Crippen molar-refractivity contribution in [3.63, 3.8) is 0 Å². The predicted molar refractivity (Wildman–Crippen MR) is 164 cm³/mol. The number of rotatable bonds is 17. The van der Waals surface area contributed by atoms with E-state index in [1.807, 2.05) is 0 Å². The third kappa shape index (κ3) is 6.68. The van der Waals surface area contributed by atoms with Crippen molar-refractivity contribution in [2.24, 2.45) is 11.8 Å². The number of nitrogens with one attached hydrogen (secondary N) is 1. The monoisotopic (exact) mass is 611 g/mol. The summed E-state index contributed by atoms with van der Waals surface area (Å²) in [4.78, 5) is 57.5. The zero-order valence-electron chi connectivity index (χ0n) is 25.7. The molecular formula is C33H45N3O8. The van der Waals surface area contributed by atoms with Crippen LogP contribution < -0.4 is 15.0 Å². The van der Waals surface area contributed by atoms with Crippen LogP contribution in [0.1, 0.15) is 51.9 Å². The second-order valence-corrected chi connectivity index (χ2v) is 11.7. The first-order valence-corrected chi connectivity index (χ1v) is 15.5. The number of ether oxygens (including phenoxy) is 3. The number of carbonyl (C=O) groups is 4. The number of unbranched alkanes of at least 4 members (excludes halogenated alkanes) is 2. The first-order valence-electron chi connectivity index (χ1n) is 15.5. The molecule has 3 amide bonds. The fourth-order valence-corrected chi connectivity index (χ4v) is 6.77. The molecular weight excluding hydrogens is 566 g/mol. The fourth-order valence-electron chi connectivity index (χ4n) is 6.77. The minimum atomic E-state index is -1.17. The van der Waals surface area contributed by atoms with Gasteiger partial charge < -0.3 is 34.4 Å². The number of aliphatic hydroxyl groups is 1. The number of hydrogen-bond donors (Lipinski definition) is 2. The van der Waals surface area contributed by atoms with E-state index in [9.17, 15) is 24.3 Å². The lowest BCUT2D eigenvalue weighted by Crippen LogP contribution is -2.56. The smallest absolute Gasteiger partial charge is 0.312 e. The summed E-state index contributed by atoms with van der Waals surface area (Å²) in [7, 11) is 1.57. The number of amides is 3. The first kappa shape index (κ1) is 33.2. The van der Waals surface area contributed by atoms with Gasteiger partial charge in [0.2, 0.25) is 11.8 Å². The molecule has 240 valence electrons. The Morgan fingerprint density at radius 3 is 2.61 bits per heavy atom. The van der Waals surface area contributed by atoms with E-state index < -0.39 is 41.7 Å². The Hall–Kier alpha value is -3.70. The van der Waals surface area contributed by atoms with Crippen LogP contribution in [-0.4, -0.2) is 90.9 Å². The Kier molecular flexibility index (Phi) is 11.2. The lowest BCUT2D eigenvalue weighted by atomic mass is 9.70. The van der Waals surface area contributed by atoms with Gasteiger partial charge in [-0.2, -0.15) is 0 Å². The highest BCUT2D eigenvalue weighted by atomic mass is 16.6. The highest BCUT2D eigenvalue weighted by Gasteiger charge is 2.75. The molecule has 11 nitrogen and oxygen atoms in total. The molecule has 3 aliphatic heterocycles. The molecule has 0 radical (unpaired) electrons. The Morgan fingerprint density at radius 2 is 1.95 bits per heavy atom. The number of esters is 1. The molecule has 1 aromatic rings. The topological polar surface area (TPSA) is 135 Å². The number of aliphatic hydroxyl groups excluding tert-OH is 1. The quantitative estimate of drug-likeness (QED) is 0.156. The Balaban J connectivity index is 1.59. The number of anilines is 1. The van der Waals surface area contributed by atoms with E-state index in [-0.39, 0.29) is 37.4 Å². The Labute approximate surface area is 259 Å². The van der Waals surface area contributed by atoms with Gasteiger partial charge in [0.25, 0.3) is 5.91 Å². The molecule has 0 unspecified atom stereocenters. The van der Waals surface area contributed by atoms with Crippen LogP contribution in [-0.2, 0) is 28.7 Å². The molecule has 4 rings (SSSR count). The van der Waals surface area contributed by atoms with Crippen molar-refractivity contribution in [1.29, 1.82) is 0 Å². The number of hydrogen-bond acceptors (Lipinski definition) is 8. The molecule has 3 saturated heterocycles. The highest BCUT2D eigenvalue weighted by molar-refractivity contribution is 6.04. The zero-order valence-corrected chi connectivity index (χ0v) is 25.7. The van der Waals surface area contributed by atoms with Crippen LogP contribution in [0.15, 0.2) is 49.6 Å². The van der Waals surface area contributed by atoms with E-state index in [4.69, 9.17) is 14.2 Å². The number of carbonyl (C=O) groups excluding carboxylic acids is 4. The molecule has 0 saturated carbocycles. The third-order valence-corrected chi connectivity index (χ3v) is 8.80. The normalized spacial score (nSPS) is 25.7. The lowest BCUT2D eigenvalue weighted by Gasteiger charge is -2.36. The number of fused-ring (bicyclic) bond motifs is 1. The number of likely N-dealkylation sites (tertiary alicyclic amines) is 1. The minimum Gasteiger partial charge on any atom is -0.497 e. The standard InChI is InChI=1S/C33H45N3O8/c1-5-7-11-26(38)34-21-22(3)43-32(41)27-25-16-17-33(44-25)28(27)30(39)36(19-9-8-10-20-37)29(33)31(40)35(18-6-2)23-12-14-24(42-4)15-13-23/h5-6,12-15,22,25,27-29,37H,1-2,7-11,16-21H2,3-4H3,(H,34,38)/t22-,25-,27+,28+,29-,33+/m1/s1. The maximum Gasteiger partial charge on any atom is 0.312 e. The summed E-state index contributed by atoms with van der Waals surface area (Å²) in [5.74, 6) is -2.41. The van der Waals surface area contributed by atoms with Gasteiger partial charge in [0, 0.05) is 31.8 Å². The predicted octanol–water partition coefficient (Wildman–Crippen LogP) is 2.77. The van der Waals surface area contributed by atoms with Crippen molar-refractivity contribution in [2.75, 3.05) is 38.3 Å². The molecule has 44 heavy (non-hydrogen) atoms. The van der Waals surface area contributed by atoms with E-state index in [2.05, 4.69) is 18.5 Å². The van der Waals surface area contributed by atoms with E-state index >= 15 is 0 Å². The summed E-state index contributed by atoms with van der Waals surface area (Å²) < 4.78 is 17.6. The van der Waals surface area contributed by atoms with Crippen molar-refractivity contribution < 1.29 is 38.5 Å². The van der Waals surface area contributed by atoms with Crippen molar-refractivity contribution in [3.8, 4) is 5.75 Å². The summed E-state index contributed by atoms with van der Waals surface area (Å²) >= 11 is 0. The van der Waals surface area contributed by atoms with Gasteiger partial charge in [-0.15, -0.1) is 13.2 Å². The summed E-state index contributed by atoms with van der Waals surface area (Å²) in [6.45, 7) is 9.83. The van der Waals surface area contributed by atoms with Crippen LogP contribution in [0.4, 0.5) is 5.69 Å². The number of nitrogens with zero attached hydrogens (tertiary/aromatic N) is 2. The van der Waals surface area contributed by atoms with Crippen molar-refractivity contribution in [3.05, 3.63) is 49.6 Å². The molecule has 11 heteroatoms. The molecule has 1 spiro atoms. The van der Waals surface area contributed by atoms with E-state index in [1.165, 1.54) is 0 Å². The summed E-state index contributed by atoms with van der Waals surface area (Å²) in [5.41, 5.74) is -0.552. The molecule has 0 aliphatic carbocycles. The fraction of sp³-hybridized carbons (Fsp3) is 0.576. The van der Waals surface area contributed by atoms with Gasteiger partial charge in [-0.3, -0.25) is 19.2 Å². The third-order valence-electron chi connectivity index (χ3n) is 8.80. The lowest BCUT2D eigenvalue weighted by molar-refractivity contribution is -0.159. The zero-order chi connectivity index (χ0) is 31.9. The average molecular weight is 612 g/mol. The second kappa shape index (κ2) is 14.9. The molecule has 1 aromatic carbocycles. The van der Waals surface area contributed by atoms with Gasteiger partial charge in [0.15, 0.2) is 0 Å². The summed E-state index contributed by atoms with van der Waals surface area (Å²) in [6, 6.07) is 6.14. The van der Waals surface area contributed by atoms with E-state index in [0.29, 0.717) is 62.9 Å². The van der Waals surface area contributed by atoms with Crippen LogP contribution in [0, 0.1) is 11.8 Å². The molecule has 2 bridgehead atoms. The van der Waals surface area contributed by atoms with Crippen molar-refractivity contribution in [1.82, 2.24) is 10.2 Å².